The molecule has 1 nitrogen and oxygen atoms in total. The van der Waals surface area contributed by atoms with E-state index in [-0.39, 0.29) is 0 Å². The van der Waals surface area contributed by atoms with Crippen molar-refractivity contribution in [2.45, 2.75) is 65.7 Å². The summed E-state index contributed by atoms with van der Waals surface area (Å²) in [7, 11) is 0. The van der Waals surface area contributed by atoms with Gasteiger partial charge in [0.15, 0.2) is 0 Å². The lowest BCUT2D eigenvalue weighted by Gasteiger charge is -2.11. The van der Waals surface area contributed by atoms with Gasteiger partial charge in [0, 0.05) is 6.61 Å². The van der Waals surface area contributed by atoms with Crippen molar-refractivity contribution < 1.29 is 5.11 Å². The lowest BCUT2D eigenvalue weighted by molar-refractivity contribution is 0.226. The summed E-state index contributed by atoms with van der Waals surface area (Å²) in [6.45, 7) is 7.10. The molecule has 0 amide bonds. The van der Waals surface area contributed by atoms with Crippen LogP contribution in [0.3, 0.4) is 0 Å². The Bertz CT molecular complexity index is 112. The zero-order chi connectivity index (χ0) is 10.8. The minimum atomic E-state index is 0.353. The van der Waals surface area contributed by atoms with Gasteiger partial charge < -0.3 is 5.11 Å². The molecule has 0 aromatic carbocycles. The molecular weight excluding hydrogens is 172 g/mol. The third-order valence-corrected chi connectivity index (χ3v) is 3.01. The molecule has 0 aromatic heterocycles. The first-order chi connectivity index (χ1) is 6.70. The molecule has 14 heavy (non-hydrogen) atoms. The van der Waals surface area contributed by atoms with Crippen LogP contribution in [0.1, 0.15) is 65.7 Å². The highest BCUT2D eigenvalue weighted by Crippen LogP contribution is 2.17. The van der Waals surface area contributed by atoms with Crippen LogP contribution in [0.15, 0.2) is 0 Å². The summed E-state index contributed by atoms with van der Waals surface area (Å²) >= 11 is 0. The van der Waals surface area contributed by atoms with E-state index in [4.69, 9.17) is 5.11 Å². The highest BCUT2D eigenvalue weighted by Gasteiger charge is 2.03. The van der Waals surface area contributed by atoms with Crippen LogP contribution in [0.2, 0.25) is 0 Å². The summed E-state index contributed by atoms with van der Waals surface area (Å²) in [5, 5.41) is 8.86. The van der Waals surface area contributed by atoms with E-state index < -0.39 is 0 Å². The average molecular weight is 200 g/mol. The van der Waals surface area contributed by atoms with Gasteiger partial charge in [-0.25, -0.2) is 0 Å². The molecule has 0 spiro atoms. The van der Waals surface area contributed by atoms with Crippen molar-refractivity contribution in [1.29, 1.82) is 0 Å². The molecule has 0 aliphatic rings. The van der Waals surface area contributed by atoms with Crippen molar-refractivity contribution in [3.8, 4) is 0 Å². The molecule has 0 saturated heterocycles. The molecule has 0 aliphatic heterocycles. The summed E-state index contributed by atoms with van der Waals surface area (Å²) in [5.74, 6) is 1.40. The maximum Gasteiger partial charge on any atom is 0.0456 e. The van der Waals surface area contributed by atoms with Crippen molar-refractivity contribution in [2.24, 2.45) is 11.8 Å². The number of aliphatic hydroxyl groups is 1. The lowest BCUT2D eigenvalue weighted by atomic mass is 9.96. The predicted octanol–water partition coefficient (Wildman–Crippen LogP) is 4.00. The summed E-state index contributed by atoms with van der Waals surface area (Å²) in [6.07, 6.45) is 9.30. The van der Waals surface area contributed by atoms with Gasteiger partial charge in [-0.2, -0.15) is 0 Å². The topological polar surface area (TPSA) is 20.2 Å². The SMILES string of the molecule is CCCCC(C)CCCCC(C)CO. The largest absolute Gasteiger partial charge is 0.396 e. The van der Waals surface area contributed by atoms with Crippen LogP contribution in [-0.4, -0.2) is 11.7 Å². The van der Waals surface area contributed by atoms with Gasteiger partial charge in [-0.3, -0.25) is 0 Å². The highest BCUT2D eigenvalue weighted by atomic mass is 16.3. The zero-order valence-corrected chi connectivity index (χ0v) is 10.3. The second-order valence-corrected chi connectivity index (χ2v) is 4.82. The fourth-order valence-electron chi connectivity index (χ4n) is 1.77. The molecular formula is C13H28O. The Labute approximate surface area is 89.9 Å². The summed E-state index contributed by atoms with van der Waals surface area (Å²) in [6, 6.07) is 0. The molecule has 0 bridgehead atoms. The lowest BCUT2D eigenvalue weighted by Crippen LogP contribution is -2.01. The van der Waals surface area contributed by atoms with E-state index >= 15 is 0 Å². The molecule has 2 unspecified atom stereocenters. The van der Waals surface area contributed by atoms with Gasteiger partial charge in [-0.15, -0.1) is 0 Å². The quantitative estimate of drug-likeness (QED) is 0.558. The van der Waals surface area contributed by atoms with E-state index in [1.54, 1.807) is 0 Å². The molecule has 0 saturated carbocycles. The van der Waals surface area contributed by atoms with Gasteiger partial charge in [-0.05, 0) is 18.3 Å². The Morgan fingerprint density at radius 2 is 1.36 bits per heavy atom. The molecule has 0 rings (SSSR count). The summed E-state index contributed by atoms with van der Waals surface area (Å²) < 4.78 is 0. The Kier molecular flexibility index (Phi) is 9.49. The van der Waals surface area contributed by atoms with E-state index in [9.17, 15) is 0 Å². The first kappa shape index (κ1) is 14.0. The van der Waals surface area contributed by atoms with Gasteiger partial charge in [0.05, 0.1) is 0 Å². The van der Waals surface area contributed by atoms with Crippen LogP contribution in [-0.2, 0) is 0 Å². The van der Waals surface area contributed by atoms with Crippen LogP contribution in [0.25, 0.3) is 0 Å². The van der Waals surface area contributed by atoms with Crippen LogP contribution in [0.5, 0.6) is 0 Å². The monoisotopic (exact) mass is 200 g/mol. The number of unbranched alkanes of at least 4 members (excludes halogenated alkanes) is 2. The number of aliphatic hydroxyl groups excluding tert-OH is 1. The molecule has 0 fully saturated rings. The maximum atomic E-state index is 8.86. The van der Waals surface area contributed by atoms with Gasteiger partial charge in [-0.1, -0.05) is 59.3 Å². The second kappa shape index (κ2) is 9.51. The van der Waals surface area contributed by atoms with Crippen molar-refractivity contribution in [2.75, 3.05) is 6.61 Å². The fraction of sp³-hybridized carbons (Fsp3) is 1.00. The molecule has 2 atom stereocenters. The molecule has 1 heteroatoms. The predicted molar refractivity (Wildman–Crippen MR) is 63.4 cm³/mol. The highest BCUT2D eigenvalue weighted by molar-refractivity contribution is 4.56. The molecule has 0 heterocycles. The third kappa shape index (κ3) is 8.55. The Morgan fingerprint density at radius 1 is 0.857 bits per heavy atom. The second-order valence-electron chi connectivity index (χ2n) is 4.82. The van der Waals surface area contributed by atoms with E-state index in [1.165, 1.54) is 44.9 Å². The summed E-state index contributed by atoms with van der Waals surface area (Å²) in [5.41, 5.74) is 0. The van der Waals surface area contributed by atoms with Gasteiger partial charge in [0.1, 0.15) is 0 Å². The standard InChI is InChI=1S/C13H28O/c1-4-5-8-12(2)9-6-7-10-13(3)11-14/h12-14H,4-11H2,1-3H3. The van der Waals surface area contributed by atoms with Crippen molar-refractivity contribution in [3.05, 3.63) is 0 Å². The normalized spacial score (nSPS) is 15.4. The van der Waals surface area contributed by atoms with Crippen molar-refractivity contribution >= 4 is 0 Å². The molecule has 86 valence electrons. The fourth-order valence-corrected chi connectivity index (χ4v) is 1.77. The van der Waals surface area contributed by atoms with Crippen LogP contribution < -0.4 is 0 Å². The molecule has 0 radical (unpaired) electrons. The van der Waals surface area contributed by atoms with Crippen molar-refractivity contribution in [3.63, 3.8) is 0 Å². The Balaban J connectivity index is 3.18. The van der Waals surface area contributed by atoms with E-state index in [0.717, 1.165) is 5.92 Å². The average Bonchev–Trinajstić information content (AvgIpc) is 2.21. The summed E-state index contributed by atoms with van der Waals surface area (Å²) in [4.78, 5) is 0. The van der Waals surface area contributed by atoms with Crippen LogP contribution in [0.4, 0.5) is 0 Å². The van der Waals surface area contributed by atoms with Crippen molar-refractivity contribution in [1.82, 2.24) is 0 Å². The van der Waals surface area contributed by atoms with Crippen LogP contribution >= 0.6 is 0 Å². The number of hydrogen-bond acceptors (Lipinski definition) is 1. The molecule has 0 aliphatic carbocycles. The first-order valence-corrected chi connectivity index (χ1v) is 6.31. The van der Waals surface area contributed by atoms with E-state index in [2.05, 4.69) is 20.8 Å². The zero-order valence-electron chi connectivity index (χ0n) is 10.3. The Hall–Kier alpha value is -0.0400. The van der Waals surface area contributed by atoms with Gasteiger partial charge >= 0.3 is 0 Å². The van der Waals surface area contributed by atoms with Gasteiger partial charge in [0.25, 0.3) is 0 Å². The van der Waals surface area contributed by atoms with E-state index in [1.807, 2.05) is 0 Å². The number of hydrogen-bond donors (Lipinski definition) is 1. The first-order valence-electron chi connectivity index (χ1n) is 6.31. The maximum absolute atomic E-state index is 8.86. The van der Waals surface area contributed by atoms with Gasteiger partial charge in [0.2, 0.25) is 0 Å². The minimum Gasteiger partial charge on any atom is -0.396 e. The third-order valence-electron chi connectivity index (χ3n) is 3.01. The minimum absolute atomic E-state index is 0.353. The smallest absolute Gasteiger partial charge is 0.0456 e. The molecule has 1 N–H and O–H groups in total. The molecule has 0 aromatic rings. The van der Waals surface area contributed by atoms with Crippen LogP contribution in [0, 0.1) is 11.8 Å². The Morgan fingerprint density at radius 3 is 1.86 bits per heavy atom. The van der Waals surface area contributed by atoms with E-state index in [0.29, 0.717) is 12.5 Å². The number of rotatable bonds is 9.